The topological polar surface area (TPSA) is 62.5 Å². The SMILES string of the molecule is CC(C)c1nnc(CN2CCN(C(=O)CCCc3ccccc3)CC2)o1. The van der Waals surface area contributed by atoms with Crippen LogP contribution in [0.5, 0.6) is 0 Å². The van der Waals surface area contributed by atoms with E-state index < -0.39 is 0 Å². The lowest BCUT2D eigenvalue weighted by Gasteiger charge is -2.34. The number of nitrogens with zero attached hydrogens (tertiary/aromatic N) is 4. The minimum atomic E-state index is 0.251. The summed E-state index contributed by atoms with van der Waals surface area (Å²) in [7, 11) is 0. The number of carbonyl (C=O) groups excluding carboxylic acids is 1. The van der Waals surface area contributed by atoms with E-state index in [2.05, 4.69) is 27.2 Å². The number of aryl methyl sites for hydroxylation is 1. The molecule has 0 bridgehead atoms. The van der Waals surface area contributed by atoms with Crippen molar-refractivity contribution in [3.63, 3.8) is 0 Å². The van der Waals surface area contributed by atoms with E-state index in [1.807, 2.05) is 36.9 Å². The molecule has 2 heterocycles. The number of carbonyl (C=O) groups is 1. The van der Waals surface area contributed by atoms with Crippen LogP contribution < -0.4 is 0 Å². The van der Waals surface area contributed by atoms with E-state index in [-0.39, 0.29) is 11.8 Å². The van der Waals surface area contributed by atoms with Gasteiger partial charge in [0.25, 0.3) is 0 Å². The lowest BCUT2D eigenvalue weighted by Crippen LogP contribution is -2.48. The molecule has 1 fully saturated rings. The minimum absolute atomic E-state index is 0.251. The summed E-state index contributed by atoms with van der Waals surface area (Å²) in [4.78, 5) is 16.6. The van der Waals surface area contributed by atoms with E-state index in [4.69, 9.17) is 4.42 Å². The zero-order valence-electron chi connectivity index (χ0n) is 15.7. The van der Waals surface area contributed by atoms with Gasteiger partial charge < -0.3 is 9.32 Å². The van der Waals surface area contributed by atoms with E-state index in [0.717, 1.165) is 39.0 Å². The fraction of sp³-hybridized carbons (Fsp3) is 0.550. The van der Waals surface area contributed by atoms with Crippen LogP contribution in [0.1, 0.15) is 50.0 Å². The first-order valence-corrected chi connectivity index (χ1v) is 9.48. The Kier molecular flexibility index (Phi) is 6.39. The van der Waals surface area contributed by atoms with E-state index in [0.29, 0.717) is 24.7 Å². The Morgan fingerprint density at radius 1 is 1.12 bits per heavy atom. The van der Waals surface area contributed by atoms with Gasteiger partial charge in [0.05, 0.1) is 6.54 Å². The number of amides is 1. The van der Waals surface area contributed by atoms with Crippen LogP contribution >= 0.6 is 0 Å². The van der Waals surface area contributed by atoms with Crippen molar-refractivity contribution in [2.24, 2.45) is 0 Å². The summed E-state index contributed by atoms with van der Waals surface area (Å²) in [6, 6.07) is 10.3. The molecular formula is C20H28N4O2. The van der Waals surface area contributed by atoms with Crippen LogP contribution in [0.3, 0.4) is 0 Å². The first kappa shape index (κ1) is 18.6. The summed E-state index contributed by atoms with van der Waals surface area (Å²) < 4.78 is 5.67. The van der Waals surface area contributed by atoms with E-state index in [9.17, 15) is 4.79 Å². The summed E-state index contributed by atoms with van der Waals surface area (Å²) in [5.41, 5.74) is 1.30. The van der Waals surface area contributed by atoms with Crippen LogP contribution in [0.4, 0.5) is 0 Å². The maximum Gasteiger partial charge on any atom is 0.230 e. The average Bonchev–Trinajstić information content (AvgIpc) is 3.12. The van der Waals surface area contributed by atoms with E-state index >= 15 is 0 Å². The number of piperazine rings is 1. The fourth-order valence-corrected chi connectivity index (χ4v) is 3.16. The minimum Gasteiger partial charge on any atom is -0.424 e. The Bertz CT molecular complexity index is 691. The molecule has 0 radical (unpaired) electrons. The smallest absolute Gasteiger partial charge is 0.230 e. The predicted molar refractivity (Wildman–Crippen MR) is 99.6 cm³/mol. The summed E-state index contributed by atoms with van der Waals surface area (Å²) >= 11 is 0. The Morgan fingerprint density at radius 3 is 2.50 bits per heavy atom. The van der Waals surface area contributed by atoms with Gasteiger partial charge in [0.1, 0.15) is 0 Å². The van der Waals surface area contributed by atoms with E-state index in [1.54, 1.807) is 0 Å². The second kappa shape index (κ2) is 8.94. The molecule has 0 N–H and O–H groups in total. The molecule has 6 heteroatoms. The highest BCUT2D eigenvalue weighted by atomic mass is 16.4. The Morgan fingerprint density at radius 2 is 1.85 bits per heavy atom. The molecule has 1 aliphatic rings. The van der Waals surface area contributed by atoms with Crippen molar-refractivity contribution >= 4 is 5.91 Å². The maximum atomic E-state index is 12.4. The van der Waals surface area contributed by atoms with Crippen molar-refractivity contribution in [3.8, 4) is 0 Å². The Hall–Kier alpha value is -2.21. The van der Waals surface area contributed by atoms with Gasteiger partial charge in [-0.1, -0.05) is 44.2 Å². The molecule has 1 amide bonds. The third-order valence-corrected chi connectivity index (χ3v) is 4.76. The zero-order valence-corrected chi connectivity index (χ0v) is 15.7. The monoisotopic (exact) mass is 356 g/mol. The molecule has 26 heavy (non-hydrogen) atoms. The molecule has 140 valence electrons. The molecule has 0 spiro atoms. The highest BCUT2D eigenvalue weighted by molar-refractivity contribution is 5.76. The molecule has 0 unspecified atom stereocenters. The normalized spacial score (nSPS) is 15.6. The molecule has 0 saturated carbocycles. The van der Waals surface area contributed by atoms with Crippen LogP contribution in [0.15, 0.2) is 34.7 Å². The predicted octanol–water partition coefficient (Wildman–Crippen LogP) is 2.86. The fourth-order valence-electron chi connectivity index (χ4n) is 3.16. The van der Waals surface area contributed by atoms with Gasteiger partial charge >= 0.3 is 0 Å². The number of rotatable bonds is 7. The molecule has 1 aromatic carbocycles. The van der Waals surface area contributed by atoms with Crippen LogP contribution in [0, 0.1) is 0 Å². The largest absolute Gasteiger partial charge is 0.424 e. The maximum absolute atomic E-state index is 12.4. The molecule has 1 saturated heterocycles. The molecule has 0 atom stereocenters. The standard InChI is InChI=1S/C20H28N4O2/c1-16(2)20-22-21-18(26-20)15-23-11-13-24(14-12-23)19(25)10-6-9-17-7-4-3-5-8-17/h3-5,7-8,16H,6,9-15H2,1-2H3. The van der Waals surface area contributed by atoms with E-state index in [1.165, 1.54) is 5.56 Å². The number of hydrogen-bond acceptors (Lipinski definition) is 5. The summed E-state index contributed by atoms with van der Waals surface area (Å²) in [5.74, 6) is 1.87. The first-order valence-electron chi connectivity index (χ1n) is 9.48. The number of hydrogen-bond donors (Lipinski definition) is 0. The number of benzene rings is 1. The van der Waals surface area contributed by atoms with Crippen molar-refractivity contribution in [2.45, 2.75) is 45.6 Å². The van der Waals surface area contributed by atoms with Gasteiger partial charge in [-0.25, -0.2) is 0 Å². The number of aromatic nitrogens is 2. The second-order valence-corrected chi connectivity index (χ2v) is 7.18. The summed E-state index contributed by atoms with van der Waals surface area (Å²) in [6.07, 6.45) is 2.49. The second-order valence-electron chi connectivity index (χ2n) is 7.18. The lowest BCUT2D eigenvalue weighted by atomic mass is 10.1. The quantitative estimate of drug-likeness (QED) is 0.763. The first-order chi connectivity index (χ1) is 12.6. The summed E-state index contributed by atoms with van der Waals surface area (Å²) in [5, 5.41) is 8.19. The van der Waals surface area contributed by atoms with Crippen LogP contribution in [-0.4, -0.2) is 52.1 Å². The lowest BCUT2D eigenvalue weighted by molar-refractivity contribution is -0.133. The van der Waals surface area contributed by atoms with Crippen LogP contribution in [0.2, 0.25) is 0 Å². The van der Waals surface area contributed by atoms with Gasteiger partial charge in [0.2, 0.25) is 17.7 Å². The van der Waals surface area contributed by atoms with Crippen molar-refractivity contribution < 1.29 is 9.21 Å². The van der Waals surface area contributed by atoms with Gasteiger partial charge in [-0.2, -0.15) is 0 Å². The van der Waals surface area contributed by atoms with Gasteiger partial charge in [-0.15, -0.1) is 10.2 Å². The van der Waals surface area contributed by atoms with Gasteiger partial charge in [-0.05, 0) is 18.4 Å². The Balaban J connectivity index is 1.38. The van der Waals surface area contributed by atoms with Crippen LogP contribution in [0.25, 0.3) is 0 Å². The Labute approximate surface area is 155 Å². The third kappa shape index (κ3) is 5.14. The van der Waals surface area contributed by atoms with Gasteiger partial charge in [0, 0.05) is 38.5 Å². The third-order valence-electron chi connectivity index (χ3n) is 4.76. The molecule has 2 aromatic rings. The van der Waals surface area contributed by atoms with Crippen molar-refractivity contribution in [1.29, 1.82) is 0 Å². The van der Waals surface area contributed by atoms with Gasteiger partial charge in [0.15, 0.2) is 0 Å². The zero-order chi connectivity index (χ0) is 18.4. The molecule has 3 rings (SSSR count). The highest BCUT2D eigenvalue weighted by Gasteiger charge is 2.22. The molecule has 6 nitrogen and oxygen atoms in total. The van der Waals surface area contributed by atoms with Crippen molar-refractivity contribution in [3.05, 3.63) is 47.7 Å². The molecule has 1 aliphatic heterocycles. The summed E-state index contributed by atoms with van der Waals surface area (Å²) in [6.45, 7) is 7.99. The van der Waals surface area contributed by atoms with Crippen LogP contribution in [-0.2, 0) is 17.8 Å². The highest BCUT2D eigenvalue weighted by Crippen LogP contribution is 2.14. The molecule has 0 aliphatic carbocycles. The van der Waals surface area contributed by atoms with Gasteiger partial charge in [-0.3, -0.25) is 9.69 Å². The van der Waals surface area contributed by atoms with Crippen molar-refractivity contribution in [1.82, 2.24) is 20.0 Å². The molecule has 1 aromatic heterocycles. The average molecular weight is 356 g/mol. The van der Waals surface area contributed by atoms with Crippen molar-refractivity contribution in [2.75, 3.05) is 26.2 Å². The molecular weight excluding hydrogens is 328 g/mol.